The lowest BCUT2D eigenvalue weighted by molar-refractivity contribution is 0.0616. The monoisotopic (exact) mass is 525 g/mol. The van der Waals surface area contributed by atoms with E-state index in [4.69, 9.17) is 11.6 Å². The number of sulfonamides is 1. The Morgan fingerprint density at radius 1 is 1.31 bits per heavy atom. The van der Waals surface area contributed by atoms with Crippen molar-refractivity contribution in [1.82, 2.24) is 19.2 Å². The van der Waals surface area contributed by atoms with Crippen LogP contribution in [-0.2, 0) is 16.6 Å². The molecule has 188 valence electrons. The number of benzene rings is 1. The molecule has 1 aliphatic heterocycles. The number of amides is 1. The van der Waals surface area contributed by atoms with Crippen molar-refractivity contribution in [2.75, 3.05) is 24.2 Å². The highest BCUT2D eigenvalue weighted by Gasteiger charge is 2.39. The van der Waals surface area contributed by atoms with Crippen LogP contribution in [0, 0.1) is 5.82 Å². The lowest BCUT2D eigenvalue weighted by atomic mass is 10.1. The second-order valence-electron chi connectivity index (χ2n) is 8.96. The number of anilines is 1. The normalized spacial score (nSPS) is 16.3. The molecule has 0 spiro atoms. The quantitative estimate of drug-likeness (QED) is 0.547. The van der Waals surface area contributed by atoms with Crippen molar-refractivity contribution >= 4 is 44.3 Å². The second kappa shape index (κ2) is 8.52. The van der Waals surface area contributed by atoms with E-state index in [1.165, 1.54) is 23.7 Å². The Bertz CT molecular complexity index is 1530. The molecule has 1 N–H and O–H groups in total. The largest absolute Gasteiger partial charge is 0.505 e. The van der Waals surface area contributed by atoms with Gasteiger partial charge in [-0.1, -0.05) is 17.7 Å². The lowest BCUT2D eigenvalue weighted by Gasteiger charge is -2.36. The first-order chi connectivity index (χ1) is 16.2. The van der Waals surface area contributed by atoms with Gasteiger partial charge < -0.3 is 14.6 Å². The predicted molar refractivity (Wildman–Crippen MR) is 130 cm³/mol. The van der Waals surface area contributed by atoms with Gasteiger partial charge in [0.15, 0.2) is 17.3 Å². The van der Waals surface area contributed by atoms with Crippen LogP contribution < -0.4 is 9.86 Å². The first-order valence-corrected chi connectivity index (χ1v) is 13.0. The number of carbonyl (C=O) groups excluding carboxylic acids is 1. The molecule has 0 radical (unpaired) electrons. The van der Waals surface area contributed by atoms with Crippen molar-refractivity contribution in [1.29, 1.82) is 0 Å². The summed E-state index contributed by atoms with van der Waals surface area (Å²) in [7, 11) is -2.57. The number of rotatable bonds is 5. The van der Waals surface area contributed by atoms with E-state index in [0.29, 0.717) is 12.1 Å². The van der Waals surface area contributed by atoms with E-state index in [1.807, 2.05) is 13.8 Å². The van der Waals surface area contributed by atoms with E-state index in [2.05, 4.69) is 5.10 Å². The van der Waals surface area contributed by atoms with E-state index in [1.54, 1.807) is 11.8 Å². The van der Waals surface area contributed by atoms with E-state index >= 15 is 0 Å². The van der Waals surface area contributed by atoms with Crippen molar-refractivity contribution in [3.63, 3.8) is 0 Å². The van der Waals surface area contributed by atoms with E-state index < -0.39 is 33.1 Å². The maximum atomic E-state index is 13.6. The summed E-state index contributed by atoms with van der Waals surface area (Å²) in [5.41, 5.74) is -0.357. The number of fused-ring (bicyclic) bond motifs is 3. The van der Waals surface area contributed by atoms with Crippen molar-refractivity contribution < 1.29 is 22.7 Å². The fraction of sp³-hybridized carbons (Fsp3) is 0.409. The molecule has 1 aliphatic rings. The van der Waals surface area contributed by atoms with Crippen molar-refractivity contribution in [3.05, 3.63) is 50.7 Å². The summed E-state index contributed by atoms with van der Waals surface area (Å²) >= 11 is 5.87. The number of nitrogens with zero attached hydrogens (tertiary/aromatic N) is 5. The third-order valence-corrected chi connectivity index (χ3v) is 7.61. The molecule has 10 nitrogen and oxygen atoms in total. The third-order valence-electron chi connectivity index (χ3n) is 6.16. The number of halogens is 2. The fourth-order valence-corrected chi connectivity index (χ4v) is 4.94. The van der Waals surface area contributed by atoms with Gasteiger partial charge in [0.1, 0.15) is 16.7 Å². The molecular weight excluding hydrogens is 501 g/mol. The summed E-state index contributed by atoms with van der Waals surface area (Å²) in [6.45, 7) is 5.60. The molecule has 1 amide bonds. The molecule has 0 fully saturated rings. The Morgan fingerprint density at radius 2 is 1.97 bits per heavy atom. The van der Waals surface area contributed by atoms with Crippen molar-refractivity contribution in [2.24, 2.45) is 0 Å². The molecule has 35 heavy (non-hydrogen) atoms. The van der Waals surface area contributed by atoms with Crippen LogP contribution in [-0.4, -0.2) is 64.6 Å². The van der Waals surface area contributed by atoms with Crippen molar-refractivity contribution in [3.8, 4) is 5.75 Å². The molecule has 2 aromatic heterocycles. The van der Waals surface area contributed by atoms with Gasteiger partial charge in [-0.05, 0) is 38.5 Å². The highest BCUT2D eigenvalue weighted by Crippen LogP contribution is 2.40. The fourth-order valence-electron chi connectivity index (χ4n) is 4.30. The van der Waals surface area contributed by atoms with E-state index in [-0.39, 0.29) is 46.1 Å². The minimum absolute atomic E-state index is 0.0491. The molecule has 0 unspecified atom stereocenters. The average Bonchev–Trinajstić information content (AvgIpc) is 3.08. The third kappa shape index (κ3) is 4.04. The summed E-state index contributed by atoms with van der Waals surface area (Å²) in [4.78, 5) is 28.3. The Balaban J connectivity index is 2.06. The first-order valence-electron chi connectivity index (χ1n) is 10.8. The highest BCUT2D eigenvalue weighted by atomic mass is 35.5. The Kier molecular flexibility index (Phi) is 6.08. The van der Waals surface area contributed by atoms with Crippen LogP contribution in [0.4, 0.5) is 10.2 Å². The number of hydrogen-bond acceptors (Lipinski definition) is 6. The minimum atomic E-state index is -3.84. The Labute approximate surface area is 206 Å². The summed E-state index contributed by atoms with van der Waals surface area (Å²) < 4.78 is 41.9. The molecule has 13 heteroatoms. The molecule has 0 saturated heterocycles. The average molecular weight is 526 g/mol. The highest BCUT2D eigenvalue weighted by molar-refractivity contribution is 7.92. The van der Waals surface area contributed by atoms with Gasteiger partial charge in [0, 0.05) is 25.7 Å². The molecule has 3 heterocycles. The van der Waals surface area contributed by atoms with Gasteiger partial charge >= 0.3 is 0 Å². The van der Waals surface area contributed by atoms with E-state index in [0.717, 1.165) is 21.3 Å². The van der Waals surface area contributed by atoms with Crippen LogP contribution in [0.1, 0.15) is 42.9 Å². The van der Waals surface area contributed by atoms with Crippen LogP contribution in [0.25, 0.3) is 10.9 Å². The standard InChI is InChI=1S/C22H25ClFN5O5S/c1-11(2)27-9-12(3)29-17-16(19(30)18(29)22(27)32)21(31)28(25-20(17)26(4)35(5,33)34)10-13-6-7-15(24)14(23)8-13/h6-8,11-12,30H,9-10H2,1-5H3/t12-/m0/s1. The van der Waals surface area contributed by atoms with Crippen LogP contribution in [0.15, 0.2) is 23.0 Å². The second-order valence-corrected chi connectivity index (χ2v) is 11.4. The van der Waals surface area contributed by atoms with Gasteiger partial charge in [-0.2, -0.15) is 0 Å². The van der Waals surface area contributed by atoms with E-state index in [9.17, 15) is 27.5 Å². The maximum absolute atomic E-state index is 13.6. The Morgan fingerprint density at radius 3 is 2.54 bits per heavy atom. The van der Waals surface area contributed by atoms with Crippen LogP contribution in [0.2, 0.25) is 5.02 Å². The zero-order valence-corrected chi connectivity index (χ0v) is 21.4. The number of hydrogen-bond donors (Lipinski definition) is 1. The molecule has 3 aromatic rings. The summed E-state index contributed by atoms with van der Waals surface area (Å²) in [5, 5.41) is 15.1. The molecule has 1 atom stereocenters. The topological polar surface area (TPSA) is 118 Å². The zero-order chi connectivity index (χ0) is 26.0. The van der Waals surface area contributed by atoms with Gasteiger partial charge in [0.05, 0.1) is 17.8 Å². The summed E-state index contributed by atoms with van der Waals surface area (Å²) in [5.74, 6) is -1.78. The maximum Gasteiger partial charge on any atom is 0.280 e. The zero-order valence-electron chi connectivity index (χ0n) is 19.8. The number of aromatic nitrogens is 3. The molecule has 0 bridgehead atoms. The molecule has 0 saturated carbocycles. The minimum Gasteiger partial charge on any atom is -0.505 e. The molecular formula is C22H25ClFN5O5S. The van der Waals surface area contributed by atoms with Crippen LogP contribution in [0.3, 0.4) is 0 Å². The number of aromatic hydroxyl groups is 1. The Hall–Kier alpha value is -3.12. The van der Waals surface area contributed by atoms with Crippen molar-refractivity contribution in [2.45, 2.75) is 39.4 Å². The van der Waals surface area contributed by atoms with Gasteiger partial charge in [-0.25, -0.2) is 17.5 Å². The van der Waals surface area contributed by atoms with Gasteiger partial charge in [0.2, 0.25) is 10.0 Å². The predicted octanol–water partition coefficient (Wildman–Crippen LogP) is 2.57. The summed E-state index contributed by atoms with van der Waals surface area (Å²) in [6, 6.07) is 3.34. The molecule has 1 aromatic carbocycles. The lowest BCUT2D eigenvalue weighted by Crippen LogP contribution is -2.45. The SMILES string of the molecule is CC(C)N1C[C@H](C)n2c(c(O)c3c(=O)n(Cc4ccc(F)c(Cl)c4)nc(N(C)S(C)(=O)=O)c32)C1=O. The van der Waals surface area contributed by atoms with Crippen LogP contribution in [0.5, 0.6) is 5.75 Å². The molecule has 4 rings (SSSR count). The number of carbonyl (C=O) groups is 1. The van der Waals surface area contributed by atoms with Crippen LogP contribution >= 0.6 is 11.6 Å². The summed E-state index contributed by atoms with van der Waals surface area (Å²) in [6.07, 6.45) is 0.977. The smallest absolute Gasteiger partial charge is 0.280 e. The first kappa shape index (κ1) is 25.0. The molecule has 0 aliphatic carbocycles. The van der Waals surface area contributed by atoms with Gasteiger partial charge in [-0.15, -0.1) is 5.10 Å². The van der Waals surface area contributed by atoms with Gasteiger partial charge in [-0.3, -0.25) is 13.9 Å². The van der Waals surface area contributed by atoms with Gasteiger partial charge in [0.25, 0.3) is 11.5 Å².